The fourth-order valence-corrected chi connectivity index (χ4v) is 1.95. The number of ether oxygens (including phenoxy) is 1. The Morgan fingerprint density at radius 1 is 1.50 bits per heavy atom. The lowest BCUT2D eigenvalue weighted by Crippen LogP contribution is -2.36. The minimum atomic E-state index is -0.154. The van der Waals surface area contributed by atoms with Crippen molar-refractivity contribution in [2.75, 3.05) is 33.4 Å². The van der Waals surface area contributed by atoms with Crippen molar-refractivity contribution in [3.8, 4) is 0 Å². The van der Waals surface area contributed by atoms with Gasteiger partial charge in [-0.05, 0) is 34.1 Å². The third-order valence-electron chi connectivity index (χ3n) is 2.39. The number of hydrogen-bond donors (Lipinski definition) is 1. The first kappa shape index (κ1) is 15.4. The zero-order chi connectivity index (χ0) is 13.5. The van der Waals surface area contributed by atoms with E-state index in [0.717, 1.165) is 0 Å². The Labute approximate surface area is 120 Å². The number of benzene rings is 1. The number of amides is 1. The van der Waals surface area contributed by atoms with Crippen molar-refractivity contribution in [3.63, 3.8) is 0 Å². The highest BCUT2D eigenvalue weighted by molar-refractivity contribution is 9.10. The number of aliphatic hydroxyl groups excluding tert-OH is 1. The van der Waals surface area contributed by atoms with Crippen LogP contribution >= 0.6 is 27.5 Å². The zero-order valence-electron chi connectivity index (χ0n) is 10.0. The van der Waals surface area contributed by atoms with Crippen LogP contribution in [-0.4, -0.2) is 49.3 Å². The van der Waals surface area contributed by atoms with E-state index in [2.05, 4.69) is 15.9 Å². The third kappa shape index (κ3) is 4.24. The fraction of sp³-hybridized carbons (Fsp3) is 0.417. The van der Waals surface area contributed by atoms with Crippen LogP contribution in [0.4, 0.5) is 0 Å². The van der Waals surface area contributed by atoms with Gasteiger partial charge in [-0.25, -0.2) is 0 Å². The average Bonchev–Trinajstić information content (AvgIpc) is 2.37. The van der Waals surface area contributed by atoms with E-state index in [9.17, 15) is 4.79 Å². The molecule has 0 saturated carbocycles. The summed E-state index contributed by atoms with van der Waals surface area (Å²) in [6.45, 7) is 1.07. The lowest BCUT2D eigenvalue weighted by Gasteiger charge is -2.21. The smallest absolute Gasteiger partial charge is 0.254 e. The minimum Gasteiger partial charge on any atom is -0.395 e. The van der Waals surface area contributed by atoms with Crippen molar-refractivity contribution in [1.29, 1.82) is 0 Å². The fourth-order valence-electron chi connectivity index (χ4n) is 1.45. The molecule has 6 heteroatoms. The van der Waals surface area contributed by atoms with E-state index in [1.54, 1.807) is 30.2 Å². The average molecular weight is 337 g/mol. The van der Waals surface area contributed by atoms with Crippen molar-refractivity contribution in [3.05, 3.63) is 33.3 Å². The van der Waals surface area contributed by atoms with Gasteiger partial charge in [0.05, 0.1) is 18.2 Å². The first-order chi connectivity index (χ1) is 8.60. The number of methoxy groups -OCH3 is 1. The van der Waals surface area contributed by atoms with Crippen LogP contribution in [0, 0.1) is 0 Å². The molecule has 0 bridgehead atoms. The van der Waals surface area contributed by atoms with Crippen LogP contribution in [0.25, 0.3) is 0 Å². The molecular weight excluding hydrogens is 321 g/mol. The number of carbonyl (C=O) groups is 1. The summed E-state index contributed by atoms with van der Waals surface area (Å²) in [6, 6.07) is 4.99. The van der Waals surface area contributed by atoms with Crippen LogP contribution in [0.15, 0.2) is 22.7 Å². The molecule has 0 fully saturated rings. The van der Waals surface area contributed by atoms with Crippen molar-refractivity contribution in [2.24, 2.45) is 0 Å². The van der Waals surface area contributed by atoms with E-state index in [1.165, 1.54) is 0 Å². The Kier molecular flexibility index (Phi) is 6.63. The predicted octanol–water partition coefficient (Wildman–Crippen LogP) is 2.18. The monoisotopic (exact) mass is 335 g/mol. The summed E-state index contributed by atoms with van der Waals surface area (Å²) in [5.41, 5.74) is 0.524. The SMILES string of the molecule is COCCN(CCO)C(=O)c1ccc(Cl)c(Br)c1. The van der Waals surface area contributed by atoms with Gasteiger partial charge in [0, 0.05) is 30.2 Å². The second-order valence-corrected chi connectivity index (χ2v) is 4.90. The van der Waals surface area contributed by atoms with Gasteiger partial charge in [0.1, 0.15) is 0 Å². The molecule has 0 heterocycles. The molecule has 100 valence electrons. The maximum Gasteiger partial charge on any atom is 0.254 e. The van der Waals surface area contributed by atoms with Crippen molar-refractivity contribution >= 4 is 33.4 Å². The van der Waals surface area contributed by atoms with Gasteiger partial charge in [0.25, 0.3) is 5.91 Å². The number of rotatable bonds is 6. The highest BCUT2D eigenvalue weighted by atomic mass is 79.9. The summed E-state index contributed by atoms with van der Waals surface area (Å²) >= 11 is 9.16. The first-order valence-corrected chi connectivity index (χ1v) is 6.61. The molecule has 0 unspecified atom stereocenters. The first-order valence-electron chi connectivity index (χ1n) is 5.44. The Balaban J connectivity index is 2.83. The van der Waals surface area contributed by atoms with Crippen molar-refractivity contribution in [1.82, 2.24) is 4.90 Å². The predicted molar refractivity (Wildman–Crippen MR) is 74.0 cm³/mol. The molecule has 1 amide bonds. The summed E-state index contributed by atoms with van der Waals surface area (Å²) < 4.78 is 5.61. The molecule has 18 heavy (non-hydrogen) atoms. The van der Waals surface area contributed by atoms with Crippen LogP contribution in [-0.2, 0) is 4.74 Å². The highest BCUT2D eigenvalue weighted by Crippen LogP contribution is 2.23. The Bertz CT molecular complexity index is 414. The summed E-state index contributed by atoms with van der Waals surface area (Å²) in [5, 5.41) is 9.52. The second kappa shape index (κ2) is 7.74. The van der Waals surface area contributed by atoms with Crippen LogP contribution in [0.1, 0.15) is 10.4 Å². The highest BCUT2D eigenvalue weighted by Gasteiger charge is 2.15. The van der Waals surface area contributed by atoms with Crippen molar-refractivity contribution in [2.45, 2.75) is 0 Å². The standard InChI is InChI=1S/C12H15BrClNO3/c1-18-7-5-15(4-6-16)12(17)9-2-3-11(14)10(13)8-9/h2-3,8,16H,4-7H2,1H3. The summed E-state index contributed by atoms with van der Waals surface area (Å²) in [4.78, 5) is 13.7. The Morgan fingerprint density at radius 3 is 2.78 bits per heavy atom. The molecule has 0 aromatic heterocycles. The van der Waals surface area contributed by atoms with E-state index >= 15 is 0 Å². The molecule has 1 rings (SSSR count). The maximum absolute atomic E-state index is 12.2. The van der Waals surface area contributed by atoms with Crippen molar-refractivity contribution < 1.29 is 14.6 Å². The van der Waals surface area contributed by atoms with Gasteiger partial charge < -0.3 is 14.7 Å². The summed E-state index contributed by atoms with van der Waals surface area (Å²) in [6.07, 6.45) is 0. The summed E-state index contributed by atoms with van der Waals surface area (Å²) in [7, 11) is 1.57. The number of nitrogens with zero attached hydrogens (tertiary/aromatic N) is 1. The zero-order valence-corrected chi connectivity index (χ0v) is 12.4. The van der Waals surface area contributed by atoms with Gasteiger partial charge in [0.15, 0.2) is 0 Å². The lowest BCUT2D eigenvalue weighted by atomic mass is 10.2. The van der Waals surface area contributed by atoms with Crippen LogP contribution < -0.4 is 0 Å². The van der Waals surface area contributed by atoms with Gasteiger partial charge in [-0.15, -0.1) is 0 Å². The molecule has 0 aliphatic heterocycles. The van der Waals surface area contributed by atoms with E-state index in [4.69, 9.17) is 21.4 Å². The van der Waals surface area contributed by atoms with E-state index in [0.29, 0.717) is 28.2 Å². The molecule has 0 spiro atoms. The van der Waals surface area contributed by atoms with Gasteiger partial charge >= 0.3 is 0 Å². The molecule has 4 nitrogen and oxygen atoms in total. The maximum atomic E-state index is 12.2. The molecule has 0 aliphatic rings. The Hall–Kier alpha value is -0.620. The van der Waals surface area contributed by atoms with Gasteiger partial charge in [-0.1, -0.05) is 11.6 Å². The molecule has 1 N–H and O–H groups in total. The van der Waals surface area contributed by atoms with Crippen LogP contribution in [0.5, 0.6) is 0 Å². The van der Waals surface area contributed by atoms with E-state index in [1.807, 2.05) is 0 Å². The normalized spacial score (nSPS) is 10.4. The third-order valence-corrected chi connectivity index (χ3v) is 3.60. The van der Waals surface area contributed by atoms with Crippen LogP contribution in [0.2, 0.25) is 5.02 Å². The molecule has 0 atom stereocenters. The van der Waals surface area contributed by atoms with E-state index in [-0.39, 0.29) is 19.1 Å². The minimum absolute atomic E-state index is 0.0792. The Morgan fingerprint density at radius 2 is 2.22 bits per heavy atom. The topological polar surface area (TPSA) is 49.8 Å². The quantitative estimate of drug-likeness (QED) is 0.866. The number of aliphatic hydroxyl groups is 1. The molecule has 1 aromatic carbocycles. The van der Waals surface area contributed by atoms with E-state index < -0.39 is 0 Å². The molecule has 0 saturated heterocycles. The molecular formula is C12H15BrClNO3. The number of halogens is 2. The molecule has 0 aliphatic carbocycles. The lowest BCUT2D eigenvalue weighted by molar-refractivity contribution is 0.0656. The number of hydrogen-bond acceptors (Lipinski definition) is 3. The largest absolute Gasteiger partial charge is 0.395 e. The van der Waals surface area contributed by atoms with Gasteiger partial charge in [-0.3, -0.25) is 4.79 Å². The second-order valence-electron chi connectivity index (χ2n) is 3.64. The van der Waals surface area contributed by atoms with Gasteiger partial charge in [-0.2, -0.15) is 0 Å². The van der Waals surface area contributed by atoms with Crippen LogP contribution in [0.3, 0.4) is 0 Å². The van der Waals surface area contributed by atoms with Gasteiger partial charge in [0.2, 0.25) is 0 Å². The summed E-state index contributed by atoms with van der Waals surface area (Å²) in [5.74, 6) is -0.154. The number of carbonyl (C=O) groups excluding carboxylic acids is 1. The molecule has 1 aromatic rings. The molecule has 0 radical (unpaired) electrons.